The van der Waals surface area contributed by atoms with Crippen LogP contribution in [0.25, 0.3) is 0 Å². The second-order valence-electron chi connectivity index (χ2n) is 2.79. The van der Waals surface area contributed by atoms with Crippen molar-refractivity contribution in [3.05, 3.63) is 42.4 Å². The highest BCUT2D eigenvalue weighted by Gasteiger charge is 1.94. The van der Waals surface area contributed by atoms with Gasteiger partial charge in [0, 0.05) is 18.6 Å². The number of anilines is 1. The Bertz CT molecular complexity index is 363. The Morgan fingerprint density at radius 1 is 1.38 bits per heavy atom. The smallest absolute Gasteiger partial charge is 0.123 e. The zero-order valence-corrected chi connectivity index (χ0v) is 7.09. The van der Waals surface area contributed by atoms with Crippen LogP contribution in [0, 0.1) is 0 Å². The van der Waals surface area contributed by atoms with Crippen LogP contribution < -0.4 is 5.73 Å². The predicted octanol–water partition coefficient (Wildman–Crippen LogP) is 0.909. The first-order valence-electron chi connectivity index (χ1n) is 4.02. The number of nitrogens with zero attached hydrogens (tertiary/aromatic N) is 3. The van der Waals surface area contributed by atoms with Crippen molar-refractivity contribution in [3.63, 3.8) is 0 Å². The second kappa shape index (κ2) is 3.26. The lowest BCUT2D eigenvalue weighted by molar-refractivity contribution is 0.685. The molecule has 0 bridgehead atoms. The van der Waals surface area contributed by atoms with Crippen molar-refractivity contribution in [2.75, 3.05) is 5.73 Å². The fourth-order valence-electron chi connectivity index (χ4n) is 1.11. The van der Waals surface area contributed by atoms with Gasteiger partial charge in [0.25, 0.3) is 0 Å². The topological polar surface area (TPSA) is 56.7 Å². The molecule has 0 unspecified atom stereocenters. The number of rotatable bonds is 2. The summed E-state index contributed by atoms with van der Waals surface area (Å²) in [6.45, 7) is 0.736. The van der Waals surface area contributed by atoms with E-state index in [0.717, 1.165) is 12.1 Å². The normalized spacial score (nSPS) is 10.2. The molecule has 2 rings (SSSR count). The molecule has 0 fully saturated rings. The Morgan fingerprint density at radius 3 is 2.92 bits per heavy atom. The van der Waals surface area contributed by atoms with Gasteiger partial charge in [-0.3, -0.25) is 4.68 Å². The lowest BCUT2D eigenvalue weighted by Gasteiger charge is -2.00. The number of nitrogen functional groups attached to an aromatic ring is 1. The van der Waals surface area contributed by atoms with E-state index < -0.39 is 0 Å². The molecular weight excluding hydrogens is 164 g/mol. The molecule has 2 N–H and O–H groups in total. The highest BCUT2D eigenvalue weighted by Crippen LogP contribution is 2.02. The SMILES string of the molecule is Nc1ccc(Cn2cccn2)cn1. The minimum Gasteiger partial charge on any atom is -0.384 e. The molecular formula is C9H10N4. The maximum atomic E-state index is 5.47. The molecule has 4 nitrogen and oxygen atoms in total. The summed E-state index contributed by atoms with van der Waals surface area (Å²) >= 11 is 0. The molecule has 0 aromatic carbocycles. The summed E-state index contributed by atoms with van der Waals surface area (Å²) in [5.41, 5.74) is 6.56. The molecule has 0 saturated heterocycles. The quantitative estimate of drug-likeness (QED) is 0.736. The van der Waals surface area contributed by atoms with Gasteiger partial charge in [-0.1, -0.05) is 6.07 Å². The molecule has 0 saturated carbocycles. The Kier molecular flexibility index (Phi) is 1.96. The largest absolute Gasteiger partial charge is 0.384 e. The highest BCUT2D eigenvalue weighted by molar-refractivity contribution is 5.29. The van der Waals surface area contributed by atoms with Gasteiger partial charge in [-0.2, -0.15) is 5.10 Å². The van der Waals surface area contributed by atoms with Crippen molar-refractivity contribution in [3.8, 4) is 0 Å². The Morgan fingerprint density at radius 2 is 2.31 bits per heavy atom. The molecule has 0 aliphatic heterocycles. The van der Waals surface area contributed by atoms with Gasteiger partial charge in [0.15, 0.2) is 0 Å². The standard InChI is InChI=1S/C9H10N4/c10-9-3-2-8(6-11-9)7-13-5-1-4-12-13/h1-6H,7H2,(H2,10,11). The monoisotopic (exact) mass is 174 g/mol. The number of aromatic nitrogens is 3. The molecule has 13 heavy (non-hydrogen) atoms. The van der Waals surface area contributed by atoms with Gasteiger partial charge in [0.05, 0.1) is 6.54 Å². The molecule has 0 aliphatic rings. The van der Waals surface area contributed by atoms with Gasteiger partial charge in [0.2, 0.25) is 0 Å². The molecule has 0 spiro atoms. The van der Waals surface area contributed by atoms with Crippen LogP contribution in [0.5, 0.6) is 0 Å². The van der Waals surface area contributed by atoms with Gasteiger partial charge in [-0.05, 0) is 17.7 Å². The fraction of sp³-hybridized carbons (Fsp3) is 0.111. The van der Waals surface area contributed by atoms with E-state index in [0.29, 0.717) is 5.82 Å². The minimum absolute atomic E-state index is 0.546. The van der Waals surface area contributed by atoms with Crippen LogP contribution in [0.1, 0.15) is 5.56 Å². The lowest BCUT2D eigenvalue weighted by atomic mass is 10.3. The van der Waals surface area contributed by atoms with Crippen LogP contribution in [0.2, 0.25) is 0 Å². The van der Waals surface area contributed by atoms with E-state index in [2.05, 4.69) is 10.1 Å². The summed E-state index contributed by atoms with van der Waals surface area (Å²) in [5, 5.41) is 4.09. The van der Waals surface area contributed by atoms with Crippen molar-refractivity contribution in [1.82, 2.24) is 14.8 Å². The fourth-order valence-corrected chi connectivity index (χ4v) is 1.11. The first kappa shape index (κ1) is 7.79. The van der Waals surface area contributed by atoms with Crippen molar-refractivity contribution >= 4 is 5.82 Å². The summed E-state index contributed by atoms with van der Waals surface area (Å²) in [5.74, 6) is 0.546. The molecule has 0 aliphatic carbocycles. The molecule has 0 radical (unpaired) electrons. The van der Waals surface area contributed by atoms with E-state index in [9.17, 15) is 0 Å². The Balaban J connectivity index is 2.15. The van der Waals surface area contributed by atoms with Gasteiger partial charge < -0.3 is 5.73 Å². The summed E-state index contributed by atoms with van der Waals surface area (Å²) in [6.07, 6.45) is 5.43. The molecule has 2 heterocycles. The average molecular weight is 174 g/mol. The molecule has 0 amide bonds. The second-order valence-corrected chi connectivity index (χ2v) is 2.79. The highest BCUT2D eigenvalue weighted by atomic mass is 15.3. The Hall–Kier alpha value is -1.84. The zero-order chi connectivity index (χ0) is 9.10. The van der Waals surface area contributed by atoms with Crippen LogP contribution in [0.15, 0.2) is 36.8 Å². The summed E-state index contributed by atoms with van der Waals surface area (Å²) in [4.78, 5) is 4.00. The average Bonchev–Trinajstić information content (AvgIpc) is 2.62. The van der Waals surface area contributed by atoms with E-state index in [1.165, 1.54) is 0 Å². The molecule has 0 atom stereocenters. The molecule has 4 heteroatoms. The van der Waals surface area contributed by atoms with Crippen LogP contribution in [-0.2, 0) is 6.54 Å². The lowest BCUT2D eigenvalue weighted by Crippen LogP contribution is -2.00. The van der Waals surface area contributed by atoms with Gasteiger partial charge in [0.1, 0.15) is 5.82 Å². The third kappa shape index (κ3) is 1.84. The molecule has 2 aromatic heterocycles. The van der Waals surface area contributed by atoms with E-state index >= 15 is 0 Å². The van der Waals surface area contributed by atoms with Crippen molar-refractivity contribution in [2.45, 2.75) is 6.54 Å². The van der Waals surface area contributed by atoms with Crippen molar-refractivity contribution in [2.24, 2.45) is 0 Å². The summed E-state index contributed by atoms with van der Waals surface area (Å²) in [7, 11) is 0. The number of hydrogen-bond donors (Lipinski definition) is 1. The zero-order valence-electron chi connectivity index (χ0n) is 7.09. The number of pyridine rings is 1. The van der Waals surface area contributed by atoms with Crippen LogP contribution in [0.3, 0.4) is 0 Å². The third-order valence-electron chi connectivity index (χ3n) is 1.75. The van der Waals surface area contributed by atoms with Crippen LogP contribution in [-0.4, -0.2) is 14.8 Å². The van der Waals surface area contributed by atoms with E-state index in [1.807, 2.05) is 23.0 Å². The van der Waals surface area contributed by atoms with Crippen molar-refractivity contribution in [1.29, 1.82) is 0 Å². The molecule has 66 valence electrons. The van der Waals surface area contributed by atoms with E-state index in [-0.39, 0.29) is 0 Å². The third-order valence-corrected chi connectivity index (χ3v) is 1.75. The van der Waals surface area contributed by atoms with Gasteiger partial charge in [-0.15, -0.1) is 0 Å². The van der Waals surface area contributed by atoms with Crippen LogP contribution in [0.4, 0.5) is 5.82 Å². The summed E-state index contributed by atoms with van der Waals surface area (Å²) < 4.78 is 1.84. The minimum atomic E-state index is 0.546. The van der Waals surface area contributed by atoms with Crippen molar-refractivity contribution < 1.29 is 0 Å². The number of hydrogen-bond acceptors (Lipinski definition) is 3. The maximum absolute atomic E-state index is 5.47. The van der Waals surface area contributed by atoms with E-state index in [1.54, 1.807) is 18.5 Å². The maximum Gasteiger partial charge on any atom is 0.123 e. The van der Waals surface area contributed by atoms with E-state index in [4.69, 9.17) is 5.73 Å². The molecule has 2 aromatic rings. The predicted molar refractivity (Wildman–Crippen MR) is 50.0 cm³/mol. The number of nitrogens with two attached hydrogens (primary N) is 1. The first-order valence-corrected chi connectivity index (χ1v) is 4.02. The summed E-state index contributed by atoms with van der Waals surface area (Å²) in [6, 6.07) is 5.63. The first-order chi connectivity index (χ1) is 6.34. The van der Waals surface area contributed by atoms with Crippen LogP contribution >= 0.6 is 0 Å². The van der Waals surface area contributed by atoms with Gasteiger partial charge in [-0.25, -0.2) is 4.98 Å². The van der Waals surface area contributed by atoms with Gasteiger partial charge >= 0.3 is 0 Å². The Labute approximate surface area is 76.0 Å².